The molecule has 0 unspecified atom stereocenters. The van der Waals surface area contributed by atoms with Crippen molar-refractivity contribution in [2.45, 2.75) is 26.2 Å². The average Bonchev–Trinajstić information content (AvgIpc) is 3.47. The summed E-state index contributed by atoms with van der Waals surface area (Å²) in [5.74, 6) is 0. The smallest absolute Gasteiger partial charge is 0.0540 e. The van der Waals surface area contributed by atoms with Crippen LogP contribution in [0.3, 0.4) is 0 Å². The molecule has 0 spiro atoms. The van der Waals surface area contributed by atoms with E-state index >= 15 is 0 Å². The molecule has 0 bridgehead atoms. The number of fused-ring (bicyclic) bond motifs is 12. The second-order valence-electron chi connectivity index (χ2n) is 20.9. The Morgan fingerprint density at radius 3 is 1.23 bits per heavy atom. The number of rotatable bonds is 6. The van der Waals surface area contributed by atoms with Crippen LogP contribution in [-0.2, 0) is 5.41 Å². The van der Waals surface area contributed by atoms with Crippen LogP contribution in [0, 0.1) is 6.92 Å². The summed E-state index contributed by atoms with van der Waals surface area (Å²) < 4.78 is 0. The van der Waals surface area contributed by atoms with Crippen LogP contribution in [0.1, 0.15) is 30.5 Å². The molecule has 0 amide bonds. The minimum Gasteiger partial charge on any atom is -0.310 e. The van der Waals surface area contributed by atoms with Crippen molar-refractivity contribution in [3.8, 4) is 11.1 Å². The second-order valence-corrected chi connectivity index (χ2v) is 20.9. The fourth-order valence-corrected chi connectivity index (χ4v) is 12.9. The Morgan fingerprint density at radius 1 is 0.284 bits per heavy atom. The van der Waals surface area contributed by atoms with Crippen LogP contribution in [0.5, 0.6) is 0 Å². The molecule has 0 atom stereocenters. The molecule has 0 aromatic heterocycles. The van der Waals surface area contributed by atoms with Crippen molar-refractivity contribution in [1.82, 2.24) is 0 Å². The van der Waals surface area contributed by atoms with Gasteiger partial charge >= 0.3 is 0 Å². The van der Waals surface area contributed by atoms with Crippen LogP contribution in [0.2, 0.25) is 0 Å². The van der Waals surface area contributed by atoms with Gasteiger partial charge in [0.25, 0.3) is 0 Å². The van der Waals surface area contributed by atoms with E-state index in [1.165, 1.54) is 114 Å². The summed E-state index contributed by atoms with van der Waals surface area (Å²) in [6.45, 7) is 7.21. The highest BCUT2D eigenvalue weighted by atomic mass is 15.1. The Hall–Kier alpha value is -9.24. The van der Waals surface area contributed by atoms with Crippen molar-refractivity contribution in [2.75, 3.05) is 9.80 Å². The van der Waals surface area contributed by atoms with Crippen LogP contribution in [0.15, 0.2) is 249 Å². The molecule has 0 radical (unpaired) electrons. The van der Waals surface area contributed by atoms with Crippen molar-refractivity contribution >= 4 is 120 Å². The van der Waals surface area contributed by atoms with Gasteiger partial charge in [-0.05, 0) is 171 Å². The summed E-state index contributed by atoms with van der Waals surface area (Å²) >= 11 is 0. The number of benzene rings is 14. The molecule has 14 aromatic rings. The summed E-state index contributed by atoms with van der Waals surface area (Å²) in [5.41, 5.74) is 13.1. The Kier molecular flexibility index (Phi) is 9.25. The molecule has 2 nitrogen and oxygen atoms in total. The molecule has 348 valence electrons. The largest absolute Gasteiger partial charge is 0.310 e. The molecule has 0 saturated carbocycles. The first-order valence-electron chi connectivity index (χ1n) is 25.9. The Morgan fingerprint density at radius 2 is 0.676 bits per heavy atom. The average molecular weight is 943 g/mol. The molecule has 0 heterocycles. The van der Waals surface area contributed by atoms with Crippen LogP contribution in [0.4, 0.5) is 34.1 Å². The molecule has 0 N–H and O–H groups in total. The molecule has 15 rings (SSSR count). The van der Waals surface area contributed by atoms with Gasteiger partial charge in [0.05, 0.1) is 11.4 Å². The van der Waals surface area contributed by atoms with Gasteiger partial charge in [0.15, 0.2) is 0 Å². The third-order valence-corrected chi connectivity index (χ3v) is 16.5. The lowest BCUT2D eigenvalue weighted by Crippen LogP contribution is -2.25. The minimum absolute atomic E-state index is 0.317. The van der Waals surface area contributed by atoms with Crippen molar-refractivity contribution in [2.24, 2.45) is 0 Å². The first-order valence-corrected chi connectivity index (χ1v) is 25.9. The first-order chi connectivity index (χ1) is 36.4. The van der Waals surface area contributed by atoms with E-state index in [9.17, 15) is 0 Å². The van der Waals surface area contributed by atoms with Gasteiger partial charge in [0.2, 0.25) is 0 Å². The normalized spacial score (nSPS) is 12.9. The van der Waals surface area contributed by atoms with Crippen molar-refractivity contribution in [1.29, 1.82) is 0 Å². The van der Waals surface area contributed by atoms with Crippen LogP contribution < -0.4 is 9.80 Å². The lowest BCUT2D eigenvalue weighted by Gasteiger charge is -2.38. The van der Waals surface area contributed by atoms with E-state index in [4.69, 9.17) is 0 Å². The van der Waals surface area contributed by atoms with E-state index < -0.39 is 0 Å². The predicted octanol–water partition coefficient (Wildman–Crippen LogP) is 20.5. The zero-order valence-electron chi connectivity index (χ0n) is 41.6. The third kappa shape index (κ3) is 6.31. The quantitative estimate of drug-likeness (QED) is 0.153. The Balaban J connectivity index is 0.937. The van der Waals surface area contributed by atoms with Crippen LogP contribution in [-0.4, -0.2) is 0 Å². The Bertz CT molecular complexity index is 4660. The van der Waals surface area contributed by atoms with E-state index in [0.29, 0.717) is 0 Å². The molecule has 0 fully saturated rings. The second kappa shape index (κ2) is 16.1. The lowest BCUT2D eigenvalue weighted by molar-refractivity contribution is 0.645. The third-order valence-electron chi connectivity index (χ3n) is 16.5. The monoisotopic (exact) mass is 942 g/mol. The number of hydrogen-bond donors (Lipinski definition) is 0. The summed E-state index contributed by atoms with van der Waals surface area (Å²) in [4.78, 5) is 4.97. The minimum atomic E-state index is -0.317. The van der Waals surface area contributed by atoms with Crippen molar-refractivity contribution in [3.63, 3.8) is 0 Å². The number of aryl methyl sites for hydroxylation is 1. The summed E-state index contributed by atoms with van der Waals surface area (Å²) in [6.07, 6.45) is 0. The molecule has 74 heavy (non-hydrogen) atoms. The maximum atomic E-state index is 2.49. The van der Waals surface area contributed by atoms with Gasteiger partial charge in [-0.15, -0.1) is 0 Å². The Labute approximate surface area is 430 Å². The predicted molar refractivity (Wildman–Crippen MR) is 318 cm³/mol. The molecular weight excluding hydrogens is 893 g/mol. The fraction of sp³-hybridized carbons (Fsp3) is 0.0556. The molecule has 1 aliphatic rings. The molecule has 2 heteroatoms. The van der Waals surface area contributed by atoms with Gasteiger partial charge in [-0.2, -0.15) is 0 Å². The first kappa shape index (κ1) is 42.4. The lowest BCUT2D eigenvalue weighted by atomic mass is 9.67. The SMILES string of the molecule is Cc1c2c3c(cccc3c3cc(N(c4ccc5ccc6ccccc6c5c4)c4cccc5ccccc45)ccc13)C(C)(C)c1cc(N(c3ccc4ccc5ccccc5c4c3)c3cccc4ccccc34)ccc1-2. The maximum absolute atomic E-state index is 2.49. The van der Waals surface area contributed by atoms with Crippen LogP contribution in [0.25, 0.3) is 97.3 Å². The summed E-state index contributed by atoms with van der Waals surface area (Å²) in [5, 5.41) is 20.0. The standard InChI is InChI=1S/C72H50N2/c1-45-56-39-37-54(73(68-27-12-19-46-15-6-10-23-59(46)68)52-35-33-50-31-29-48-17-4-8-21-57(48)63(50)41-52)43-65(56)61-25-14-26-66-71(61)70(45)62-40-38-55(44-67(62)72(66,2)3)74(69-28-13-20-47-16-7-11-24-60(47)69)53-36-34-51-32-30-49-18-5-9-22-58(49)64(51)42-53/h4-44H,1-3H3. The molecule has 0 aliphatic heterocycles. The highest BCUT2D eigenvalue weighted by Crippen LogP contribution is 2.54. The van der Waals surface area contributed by atoms with Crippen molar-refractivity contribution in [3.05, 3.63) is 265 Å². The van der Waals surface area contributed by atoms with Gasteiger partial charge < -0.3 is 9.80 Å². The van der Waals surface area contributed by atoms with Gasteiger partial charge in [0, 0.05) is 38.9 Å². The van der Waals surface area contributed by atoms with E-state index in [0.717, 1.165) is 34.1 Å². The summed E-state index contributed by atoms with van der Waals surface area (Å²) in [6, 6.07) is 92.9. The number of nitrogens with zero attached hydrogens (tertiary/aromatic N) is 2. The van der Waals surface area contributed by atoms with Gasteiger partial charge in [-0.25, -0.2) is 0 Å². The van der Waals surface area contributed by atoms with Crippen LogP contribution >= 0.6 is 0 Å². The topological polar surface area (TPSA) is 6.48 Å². The van der Waals surface area contributed by atoms with E-state index in [1.807, 2.05) is 0 Å². The summed E-state index contributed by atoms with van der Waals surface area (Å²) in [7, 11) is 0. The number of anilines is 6. The van der Waals surface area contributed by atoms with E-state index in [-0.39, 0.29) is 5.41 Å². The highest BCUT2D eigenvalue weighted by Gasteiger charge is 2.36. The maximum Gasteiger partial charge on any atom is 0.0540 e. The van der Waals surface area contributed by atoms with Gasteiger partial charge in [-0.1, -0.05) is 202 Å². The zero-order valence-corrected chi connectivity index (χ0v) is 41.6. The number of hydrogen-bond acceptors (Lipinski definition) is 2. The van der Waals surface area contributed by atoms with Gasteiger partial charge in [-0.3, -0.25) is 0 Å². The highest BCUT2D eigenvalue weighted by molar-refractivity contribution is 6.20. The van der Waals surface area contributed by atoms with Gasteiger partial charge in [0.1, 0.15) is 0 Å². The molecular formula is C72H50N2. The zero-order chi connectivity index (χ0) is 49.2. The molecule has 1 aliphatic carbocycles. The van der Waals surface area contributed by atoms with Crippen molar-refractivity contribution < 1.29 is 0 Å². The van der Waals surface area contributed by atoms with E-state index in [1.54, 1.807) is 0 Å². The molecule has 14 aromatic carbocycles. The molecule has 0 saturated heterocycles. The van der Waals surface area contributed by atoms with E-state index in [2.05, 4.69) is 279 Å². The fourth-order valence-electron chi connectivity index (χ4n) is 12.9.